The van der Waals surface area contributed by atoms with Gasteiger partial charge in [0.1, 0.15) is 0 Å². The molecule has 2 heteroatoms. The van der Waals surface area contributed by atoms with Crippen molar-refractivity contribution in [1.29, 1.82) is 0 Å². The second-order valence-corrected chi connectivity index (χ2v) is 5.62. The van der Waals surface area contributed by atoms with Crippen LogP contribution in [0, 0.1) is 5.92 Å². The molecule has 0 aromatic rings. The van der Waals surface area contributed by atoms with E-state index in [1.54, 1.807) is 0 Å². The van der Waals surface area contributed by atoms with Gasteiger partial charge in [0.2, 0.25) is 0 Å². The van der Waals surface area contributed by atoms with Gasteiger partial charge in [-0.3, -0.25) is 0 Å². The van der Waals surface area contributed by atoms with Crippen LogP contribution in [0.3, 0.4) is 0 Å². The predicted octanol–water partition coefficient (Wildman–Crippen LogP) is 2.25. The third-order valence-corrected chi connectivity index (χ3v) is 4.08. The Hall–Kier alpha value is -0.0800. The molecule has 0 saturated heterocycles. The van der Waals surface area contributed by atoms with Gasteiger partial charge in [0.05, 0.1) is 0 Å². The van der Waals surface area contributed by atoms with Crippen molar-refractivity contribution in [3.63, 3.8) is 0 Å². The summed E-state index contributed by atoms with van der Waals surface area (Å²) in [6.45, 7) is 4.81. The Balaban J connectivity index is 1.59. The molecule has 0 atom stereocenters. The van der Waals surface area contributed by atoms with E-state index in [0.717, 1.165) is 18.0 Å². The molecule has 1 N–H and O–H groups in total. The Morgan fingerprint density at radius 3 is 2.33 bits per heavy atom. The molecule has 2 saturated carbocycles. The van der Waals surface area contributed by atoms with E-state index in [1.165, 1.54) is 51.6 Å². The highest BCUT2D eigenvalue weighted by Gasteiger charge is 2.23. The maximum atomic E-state index is 3.59. The van der Waals surface area contributed by atoms with E-state index in [9.17, 15) is 0 Å². The molecule has 0 heterocycles. The lowest BCUT2D eigenvalue weighted by Crippen LogP contribution is -2.39. The van der Waals surface area contributed by atoms with Crippen LogP contribution in [0.4, 0.5) is 0 Å². The molecule has 0 bridgehead atoms. The fourth-order valence-corrected chi connectivity index (χ4v) is 2.60. The molecule has 0 spiro atoms. The Morgan fingerprint density at radius 1 is 1.07 bits per heavy atom. The first-order chi connectivity index (χ1) is 7.25. The van der Waals surface area contributed by atoms with Crippen LogP contribution in [0.1, 0.15) is 45.4 Å². The molecule has 2 nitrogen and oxygen atoms in total. The lowest BCUT2D eigenvalue weighted by Gasteiger charge is -2.33. The third kappa shape index (κ3) is 3.76. The average molecular weight is 210 g/mol. The summed E-state index contributed by atoms with van der Waals surface area (Å²) in [6.07, 6.45) is 8.52. The zero-order valence-corrected chi connectivity index (χ0v) is 10.3. The zero-order valence-electron chi connectivity index (χ0n) is 10.3. The molecular formula is C13H26N2. The second-order valence-electron chi connectivity index (χ2n) is 5.62. The minimum atomic E-state index is 0.863. The molecule has 0 amide bonds. The predicted molar refractivity (Wildman–Crippen MR) is 65.1 cm³/mol. The van der Waals surface area contributed by atoms with Gasteiger partial charge >= 0.3 is 0 Å². The smallest absolute Gasteiger partial charge is 0.0107 e. The van der Waals surface area contributed by atoms with Gasteiger partial charge in [-0.15, -0.1) is 0 Å². The lowest BCUT2D eigenvalue weighted by atomic mass is 9.87. The molecule has 0 aromatic heterocycles. The van der Waals surface area contributed by atoms with Crippen LogP contribution in [-0.4, -0.2) is 37.1 Å². The number of rotatable bonds is 5. The largest absolute Gasteiger partial charge is 0.313 e. The minimum absolute atomic E-state index is 0.863. The molecule has 2 aliphatic rings. The van der Waals surface area contributed by atoms with Crippen molar-refractivity contribution in [2.24, 2.45) is 5.92 Å². The maximum Gasteiger partial charge on any atom is 0.0107 e. The monoisotopic (exact) mass is 210 g/mol. The van der Waals surface area contributed by atoms with Crippen LogP contribution >= 0.6 is 0 Å². The Bertz CT molecular complexity index is 181. The highest BCUT2D eigenvalue weighted by molar-refractivity contribution is 4.82. The van der Waals surface area contributed by atoms with Crippen molar-refractivity contribution >= 4 is 0 Å². The van der Waals surface area contributed by atoms with E-state index in [-0.39, 0.29) is 0 Å². The van der Waals surface area contributed by atoms with Gasteiger partial charge in [-0.25, -0.2) is 0 Å². The van der Waals surface area contributed by atoms with Gasteiger partial charge < -0.3 is 10.2 Å². The quantitative estimate of drug-likeness (QED) is 0.749. The first kappa shape index (κ1) is 11.4. The number of nitrogens with one attached hydrogen (secondary N) is 1. The van der Waals surface area contributed by atoms with E-state index in [2.05, 4.69) is 24.2 Å². The zero-order chi connectivity index (χ0) is 10.7. The van der Waals surface area contributed by atoms with Gasteiger partial charge in [0, 0.05) is 25.2 Å². The number of hydrogen-bond acceptors (Lipinski definition) is 2. The maximum absolute atomic E-state index is 3.59. The highest BCUT2D eigenvalue weighted by Crippen LogP contribution is 2.26. The van der Waals surface area contributed by atoms with Crippen LogP contribution in [0.15, 0.2) is 0 Å². The van der Waals surface area contributed by atoms with Crippen molar-refractivity contribution in [2.45, 2.75) is 57.5 Å². The SMILES string of the molecule is CC1CCC(N(C)CCNC2CC2)CC1. The first-order valence-electron chi connectivity index (χ1n) is 6.69. The van der Waals surface area contributed by atoms with E-state index < -0.39 is 0 Å². The summed E-state index contributed by atoms with van der Waals surface area (Å²) < 4.78 is 0. The molecule has 0 aliphatic heterocycles. The van der Waals surface area contributed by atoms with Gasteiger partial charge in [-0.05, 0) is 51.5 Å². The number of likely N-dealkylation sites (N-methyl/N-ethyl adjacent to an activating group) is 1. The van der Waals surface area contributed by atoms with E-state index >= 15 is 0 Å². The molecule has 88 valence electrons. The molecule has 0 unspecified atom stereocenters. The molecule has 0 radical (unpaired) electrons. The van der Waals surface area contributed by atoms with Crippen LogP contribution in [-0.2, 0) is 0 Å². The highest BCUT2D eigenvalue weighted by atomic mass is 15.1. The summed E-state index contributed by atoms with van der Waals surface area (Å²) >= 11 is 0. The lowest BCUT2D eigenvalue weighted by molar-refractivity contribution is 0.171. The number of hydrogen-bond donors (Lipinski definition) is 1. The molecule has 15 heavy (non-hydrogen) atoms. The van der Waals surface area contributed by atoms with Crippen molar-refractivity contribution in [1.82, 2.24) is 10.2 Å². The van der Waals surface area contributed by atoms with Gasteiger partial charge in [-0.2, -0.15) is 0 Å². The average Bonchev–Trinajstić information content (AvgIpc) is 3.02. The van der Waals surface area contributed by atoms with Crippen LogP contribution in [0.25, 0.3) is 0 Å². The second kappa shape index (κ2) is 5.31. The summed E-state index contributed by atoms with van der Waals surface area (Å²) in [5.41, 5.74) is 0. The fourth-order valence-electron chi connectivity index (χ4n) is 2.60. The summed E-state index contributed by atoms with van der Waals surface area (Å²) in [6, 6.07) is 1.73. The van der Waals surface area contributed by atoms with Gasteiger partial charge in [0.15, 0.2) is 0 Å². The summed E-state index contributed by atoms with van der Waals surface area (Å²) in [5, 5.41) is 3.59. The van der Waals surface area contributed by atoms with E-state index in [0.29, 0.717) is 0 Å². The summed E-state index contributed by atoms with van der Waals surface area (Å²) in [5.74, 6) is 0.972. The Kier molecular flexibility index (Phi) is 4.04. The third-order valence-electron chi connectivity index (χ3n) is 4.08. The topological polar surface area (TPSA) is 15.3 Å². The minimum Gasteiger partial charge on any atom is -0.313 e. The summed E-state index contributed by atoms with van der Waals surface area (Å²) in [7, 11) is 2.30. The Labute approximate surface area is 94.4 Å². The van der Waals surface area contributed by atoms with Crippen LogP contribution in [0.2, 0.25) is 0 Å². The van der Waals surface area contributed by atoms with Gasteiger partial charge in [0.25, 0.3) is 0 Å². The fraction of sp³-hybridized carbons (Fsp3) is 1.00. The van der Waals surface area contributed by atoms with Crippen molar-refractivity contribution in [3.05, 3.63) is 0 Å². The van der Waals surface area contributed by atoms with E-state index in [4.69, 9.17) is 0 Å². The molecule has 2 aliphatic carbocycles. The van der Waals surface area contributed by atoms with Crippen molar-refractivity contribution in [3.8, 4) is 0 Å². The standard InChI is InChI=1S/C13H26N2/c1-11-3-7-13(8-4-11)15(2)10-9-14-12-5-6-12/h11-14H,3-10H2,1-2H3. The van der Waals surface area contributed by atoms with Gasteiger partial charge in [-0.1, -0.05) is 6.92 Å². The molecule has 2 rings (SSSR count). The number of nitrogens with zero attached hydrogens (tertiary/aromatic N) is 1. The summed E-state index contributed by atoms with van der Waals surface area (Å²) in [4.78, 5) is 2.57. The molecule has 2 fully saturated rings. The van der Waals surface area contributed by atoms with E-state index in [1.807, 2.05) is 0 Å². The van der Waals surface area contributed by atoms with Crippen molar-refractivity contribution < 1.29 is 0 Å². The van der Waals surface area contributed by atoms with Crippen LogP contribution < -0.4 is 5.32 Å². The van der Waals surface area contributed by atoms with Crippen molar-refractivity contribution in [2.75, 3.05) is 20.1 Å². The first-order valence-corrected chi connectivity index (χ1v) is 6.69. The Morgan fingerprint density at radius 2 is 1.73 bits per heavy atom. The normalized spacial score (nSPS) is 32.2. The molecular weight excluding hydrogens is 184 g/mol. The molecule has 0 aromatic carbocycles. The van der Waals surface area contributed by atoms with Crippen LogP contribution in [0.5, 0.6) is 0 Å².